The van der Waals surface area contributed by atoms with Gasteiger partial charge in [0, 0.05) is 11.5 Å². The van der Waals surface area contributed by atoms with Crippen molar-refractivity contribution in [2.75, 3.05) is 32.6 Å². The number of ether oxygens (including phenoxy) is 2. The summed E-state index contributed by atoms with van der Waals surface area (Å²) in [6, 6.07) is 5.23. The number of aromatic nitrogens is 1. The van der Waals surface area contributed by atoms with Gasteiger partial charge in [-0.15, -0.1) is 0 Å². The summed E-state index contributed by atoms with van der Waals surface area (Å²) in [5, 5.41) is 3.71. The van der Waals surface area contributed by atoms with Crippen LogP contribution in [0.5, 0.6) is 5.75 Å². The molecule has 3 N–H and O–H groups in total. The van der Waals surface area contributed by atoms with Crippen LogP contribution >= 0.6 is 0 Å². The van der Waals surface area contributed by atoms with Crippen LogP contribution in [0.15, 0.2) is 18.2 Å². The highest BCUT2D eigenvalue weighted by Gasteiger charge is 2.30. The number of fused-ring (bicyclic) bond motifs is 1. The molecular formula is C20H28N3O4+. The number of hydrogen-bond donors (Lipinski definition) is 3. The van der Waals surface area contributed by atoms with Crippen molar-refractivity contribution in [3.8, 4) is 5.75 Å². The van der Waals surface area contributed by atoms with Gasteiger partial charge in [-0.3, -0.25) is 4.79 Å². The molecule has 1 aromatic carbocycles. The van der Waals surface area contributed by atoms with E-state index in [0.29, 0.717) is 17.0 Å². The first kappa shape index (κ1) is 19.2. The largest absolute Gasteiger partial charge is 0.497 e. The van der Waals surface area contributed by atoms with Crippen LogP contribution < -0.4 is 15.0 Å². The molecule has 3 rings (SSSR count). The molecule has 0 unspecified atom stereocenters. The van der Waals surface area contributed by atoms with E-state index in [-0.39, 0.29) is 17.6 Å². The van der Waals surface area contributed by atoms with Gasteiger partial charge in [0.05, 0.1) is 38.5 Å². The number of aromatic amines is 1. The van der Waals surface area contributed by atoms with Gasteiger partial charge in [-0.1, -0.05) is 6.92 Å². The SMILES string of the molecule is COC(=O)c1[nH]c2cc(OC)ccc2c1NC(=O)[C@@H](C)[NH+]1CCC(C)CC1. The maximum Gasteiger partial charge on any atom is 0.356 e. The lowest BCUT2D eigenvalue weighted by molar-refractivity contribution is -0.919. The smallest absolute Gasteiger partial charge is 0.356 e. The molecule has 0 bridgehead atoms. The number of quaternary nitrogens is 1. The Morgan fingerprint density at radius 1 is 1.26 bits per heavy atom. The number of hydrogen-bond acceptors (Lipinski definition) is 4. The highest BCUT2D eigenvalue weighted by atomic mass is 16.5. The molecule has 27 heavy (non-hydrogen) atoms. The van der Waals surface area contributed by atoms with E-state index in [2.05, 4.69) is 17.2 Å². The topological polar surface area (TPSA) is 84.9 Å². The zero-order valence-corrected chi connectivity index (χ0v) is 16.3. The fourth-order valence-electron chi connectivity index (χ4n) is 3.67. The van der Waals surface area contributed by atoms with E-state index < -0.39 is 5.97 Å². The van der Waals surface area contributed by atoms with Gasteiger partial charge < -0.3 is 24.7 Å². The average molecular weight is 374 g/mol. The summed E-state index contributed by atoms with van der Waals surface area (Å²) < 4.78 is 10.1. The first-order valence-corrected chi connectivity index (χ1v) is 9.38. The highest BCUT2D eigenvalue weighted by molar-refractivity contribution is 6.11. The number of carbonyl (C=O) groups is 2. The molecule has 0 spiro atoms. The van der Waals surface area contributed by atoms with Crippen molar-refractivity contribution >= 4 is 28.5 Å². The second-order valence-electron chi connectivity index (χ2n) is 7.33. The highest BCUT2D eigenvalue weighted by Crippen LogP contribution is 2.31. The molecule has 1 aliphatic rings. The molecule has 2 heterocycles. The summed E-state index contributed by atoms with van der Waals surface area (Å²) in [6.45, 7) is 6.18. The third-order valence-corrected chi connectivity index (χ3v) is 5.57. The average Bonchev–Trinajstić information content (AvgIpc) is 3.04. The third kappa shape index (κ3) is 3.93. The molecular weight excluding hydrogens is 346 g/mol. The van der Waals surface area contributed by atoms with Crippen LogP contribution in [0.1, 0.15) is 37.2 Å². The fraction of sp³-hybridized carbons (Fsp3) is 0.500. The maximum absolute atomic E-state index is 12.9. The van der Waals surface area contributed by atoms with Crippen LogP contribution in [0.3, 0.4) is 0 Å². The monoisotopic (exact) mass is 374 g/mol. The van der Waals surface area contributed by atoms with Crippen molar-refractivity contribution in [1.29, 1.82) is 0 Å². The van der Waals surface area contributed by atoms with Crippen LogP contribution in [0.25, 0.3) is 10.9 Å². The van der Waals surface area contributed by atoms with Gasteiger partial charge in [-0.05, 0) is 37.8 Å². The fourth-order valence-corrected chi connectivity index (χ4v) is 3.67. The number of amides is 1. The summed E-state index contributed by atoms with van der Waals surface area (Å²) in [5.41, 5.74) is 1.40. The predicted octanol–water partition coefficient (Wildman–Crippen LogP) is 1.60. The number of rotatable bonds is 5. The quantitative estimate of drug-likeness (QED) is 0.694. The third-order valence-electron chi connectivity index (χ3n) is 5.57. The number of piperidine rings is 1. The number of anilines is 1. The van der Waals surface area contributed by atoms with Gasteiger partial charge in [-0.25, -0.2) is 4.79 Å². The van der Waals surface area contributed by atoms with E-state index in [9.17, 15) is 9.59 Å². The Morgan fingerprint density at radius 2 is 1.96 bits per heavy atom. The molecule has 1 fully saturated rings. The van der Waals surface area contributed by atoms with Crippen molar-refractivity contribution in [1.82, 2.24) is 4.98 Å². The maximum atomic E-state index is 12.9. The molecule has 2 aromatic rings. The van der Waals surface area contributed by atoms with Crippen LogP contribution in [-0.4, -0.2) is 50.2 Å². The van der Waals surface area contributed by atoms with Crippen molar-refractivity contribution in [2.24, 2.45) is 5.92 Å². The molecule has 146 valence electrons. The Bertz CT molecular complexity index is 837. The Labute approximate surface area is 159 Å². The van der Waals surface area contributed by atoms with Gasteiger partial charge in [0.2, 0.25) is 0 Å². The minimum atomic E-state index is -0.521. The lowest BCUT2D eigenvalue weighted by atomic mass is 9.98. The Kier molecular flexibility index (Phi) is 5.70. The van der Waals surface area contributed by atoms with Gasteiger partial charge >= 0.3 is 5.97 Å². The van der Waals surface area contributed by atoms with Gasteiger partial charge in [0.25, 0.3) is 5.91 Å². The summed E-state index contributed by atoms with van der Waals surface area (Å²) in [4.78, 5) is 29.4. The summed E-state index contributed by atoms with van der Waals surface area (Å²) in [5.74, 6) is 0.769. The van der Waals surface area contributed by atoms with Gasteiger partial charge in [0.1, 0.15) is 11.4 Å². The molecule has 1 atom stereocenters. The minimum absolute atomic E-state index is 0.0959. The van der Waals surface area contributed by atoms with Gasteiger partial charge in [-0.2, -0.15) is 0 Å². The molecule has 1 aliphatic heterocycles. The van der Waals surface area contributed by atoms with Crippen molar-refractivity contribution in [2.45, 2.75) is 32.7 Å². The van der Waals surface area contributed by atoms with Crippen LogP contribution in [0.4, 0.5) is 5.69 Å². The number of methoxy groups -OCH3 is 2. The number of esters is 1. The number of carbonyl (C=O) groups excluding carboxylic acids is 2. The van der Waals surface area contributed by atoms with Crippen LogP contribution in [-0.2, 0) is 9.53 Å². The number of likely N-dealkylation sites (tertiary alicyclic amines) is 1. The lowest BCUT2D eigenvalue weighted by Crippen LogP contribution is -3.17. The number of benzene rings is 1. The van der Waals surface area contributed by atoms with Crippen molar-refractivity contribution < 1.29 is 24.0 Å². The van der Waals surface area contributed by atoms with E-state index in [0.717, 1.165) is 37.2 Å². The number of H-pyrrole nitrogens is 1. The Hall–Kier alpha value is -2.54. The Balaban J connectivity index is 1.88. The molecule has 7 heteroatoms. The second-order valence-corrected chi connectivity index (χ2v) is 7.33. The summed E-state index contributed by atoms with van der Waals surface area (Å²) in [7, 11) is 2.90. The standard InChI is InChI=1S/C20H27N3O4/c1-12-7-9-23(10-8-12)13(2)19(24)22-17-15-6-5-14(26-3)11-16(15)21-18(17)20(25)27-4/h5-6,11-13,21H,7-10H2,1-4H3,(H,22,24)/p+1/t13-/m1/s1. The first-order valence-electron chi connectivity index (χ1n) is 9.38. The summed E-state index contributed by atoms with van der Waals surface area (Å²) in [6.07, 6.45) is 2.26. The van der Waals surface area contributed by atoms with E-state index in [1.54, 1.807) is 19.2 Å². The normalized spacial score (nSPS) is 20.9. The summed E-state index contributed by atoms with van der Waals surface area (Å²) >= 11 is 0. The van der Waals surface area contributed by atoms with E-state index in [1.807, 2.05) is 13.0 Å². The zero-order valence-electron chi connectivity index (χ0n) is 16.3. The molecule has 0 saturated carbocycles. The van der Waals surface area contributed by atoms with Crippen molar-refractivity contribution in [3.05, 3.63) is 23.9 Å². The van der Waals surface area contributed by atoms with E-state index >= 15 is 0 Å². The second kappa shape index (κ2) is 8.00. The minimum Gasteiger partial charge on any atom is -0.497 e. The Morgan fingerprint density at radius 3 is 2.59 bits per heavy atom. The lowest BCUT2D eigenvalue weighted by Gasteiger charge is -2.31. The predicted molar refractivity (Wildman–Crippen MR) is 103 cm³/mol. The molecule has 1 amide bonds. The molecule has 7 nitrogen and oxygen atoms in total. The molecule has 1 aromatic heterocycles. The van der Waals surface area contributed by atoms with Crippen molar-refractivity contribution in [3.63, 3.8) is 0 Å². The van der Waals surface area contributed by atoms with Gasteiger partial charge in [0.15, 0.2) is 6.04 Å². The van der Waals surface area contributed by atoms with E-state index in [4.69, 9.17) is 9.47 Å². The first-order chi connectivity index (χ1) is 12.9. The zero-order chi connectivity index (χ0) is 19.6. The van der Waals surface area contributed by atoms with Crippen LogP contribution in [0.2, 0.25) is 0 Å². The van der Waals surface area contributed by atoms with Crippen LogP contribution in [0, 0.1) is 5.92 Å². The molecule has 0 aliphatic carbocycles. The number of nitrogens with one attached hydrogen (secondary N) is 3. The molecule has 1 saturated heterocycles. The molecule has 0 radical (unpaired) electrons. The van der Waals surface area contributed by atoms with E-state index in [1.165, 1.54) is 12.0 Å².